The zero-order valence-electron chi connectivity index (χ0n) is 13.6. The molecule has 1 rings (SSSR count). The first kappa shape index (κ1) is 17.4. The summed E-state index contributed by atoms with van der Waals surface area (Å²) in [5.74, 6) is 1.47. The Morgan fingerprint density at radius 3 is 2.57 bits per heavy atom. The van der Waals surface area contributed by atoms with Crippen LogP contribution in [0.25, 0.3) is 0 Å². The third kappa shape index (κ3) is 4.97. The number of nitrogens with zero attached hydrogens (tertiary/aromatic N) is 1. The van der Waals surface area contributed by atoms with Crippen molar-refractivity contribution in [1.29, 1.82) is 5.26 Å². The zero-order chi connectivity index (χ0) is 15.8. The highest BCUT2D eigenvalue weighted by molar-refractivity contribution is 5.49. The molecule has 0 saturated heterocycles. The number of methoxy groups -OCH3 is 1. The minimum atomic E-state index is 0.188. The minimum absolute atomic E-state index is 0.188. The molecular formula is C18H27NO2. The van der Waals surface area contributed by atoms with Crippen LogP contribution in [0.1, 0.15) is 50.7 Å². The lowest BCUT2D eigenvalue weighted by molar-refractivity contribution is 0.369. The van der Waals surface area contributed by atoms with Crippen LogP contribution in [0, 0.1) is 30.1 Å². The van der Waals surface area contributed by atoms with E-state index in [2.05, 4.69) is 19.9 Å². The molecule has 0 aliphatic rings. The topological polar surface area (TPSA) is 53.2 Å². The maximum Gasteiger partial charge on any atom is 0.163 e. The number of hydrogen-bond acceptors (Lipinski definition) is 3. The predicted octanol–water partition coefficient (Wildman–Crippen LogP) is 4.61. The quantitative estimate of drug-likeness (QED) is 0.760. The summed E-state index contributed by atoms with van der Waals surface area (Å²) in [5, 5.41) is 18.9. The van der Waals surface area contributed by atoms with Crippen molar-refractivity contribution >= 4 is 0 Å². The molecular weight excluding hydrogens is 262 g/mol. The van der Waals surface area contributed by atoms with Crippen LogP contribution in [-0.2, 0) is 6.42 Å². The van der Waals surface area contributed by atoms with Gasteiger partial charge >= 0.3 is 0 Å². The van der Waals surface area contributed by atoms with Gasteiger partial charge in [0.2, 0.25) is 0 Å². The van der Waals surface area contributed by atoms with E-state index in [-0.39, 0.29) is 11.7 Å². The van der Waals surface area contributed by atoms with E-state index in [1.807, 2.05) is 13.0 Å². The van der Waals surface area contributed by atoms with Gasteiger partial charge in [-0.2, -0.15) is 5.26 Å². The number of aromatic hydroxyl groups is 1. The molecule has 1 N–H and O–H groups in total. The Labute approximate surface area is 128 Å². The monoisotopic (exact) mass is 289 g/mol. The Kier molecular flexibility index (Phi) is 7.08. The normalized spacial score (nSPS) is 13.5. The van der Waals surface area contributed by atoms with Crippen molar-refractivity contribution < 1.29 is 9.84 Å². The van der Waals surface area contributed by atoms with E-state index in [4.69, 9.17) is 10.00 Å². The van der Waals surface area contributed by atoms with Crippen LogP contribution in [0.2, 0.25) is 0 Å². The van der Waals surface area contributed by atoms with Crippen LogP contribution in [-0.4, -0.2) is 12.2 Å². The van der Waals surface area contributed by atoms with Gasteiger partial charge in [0, 0.05) is 5.92 Å². The Morgan fingerprint density at radius 1 is 1.29 bits per heavy atom. The van der Waals surface area contributed by atoms with Crippen LogP contribution in [0.4, 0.5) is 0 Å². The fourth-order valence-electron chi connectivity index (χ4n) is 2.78. The summed E-state index contributed by atoms with van der Waals surface area (Å²) in [7, 11) is 1.58. The molecule has 0 saturated carbocycles. The van der Waals surface area contributed by atoms with Crippen LogP contribution in [0.3, 0.4) is 0 Å². The highest BCUT2D eigenvalue weighted by atomic mass is 16.5. The van der Waals surface area contributed by atoms with Crippen LogP contribution in [0.5, 0.6) is 11.5 Å². The maximum absolute atomic E-state index is 9.76. The van der Waals surface area contributed by atoms with E-state index in [9.17, 15) is 5.11 Å². The summed E-state index contributed by atoms with van der Waals surface area (Å²) in [4.78, 5) is 0. The number of nitriles is 1. The molecule has 0 aliphatic heterocycles. The SMILES string of the molecule is CCCC(C#N)CCC(C)Cc1ccc(O)c(OC)c1C. The van der Waals surface area contributed by atoms with Crippen LogP contribution >= 0.6 is 0 Å². The molecule has 0 heterocycles. The van der Waals surface area contributed by atoms with Crippen molar-refractivity contribution in [3.8, 4) is 17.6 Å². The molecule has 21 heavy (non-hydrogen) atoms. The second-order valence-corrected chi connectivity index (χ2v) is 5.90. The largest absolute Gasteiger partial charge is 0.504 e. The Bertz CT molecular complexity index is 491. The predicted molar refractivity (Wildman–Crippen MR) is 85.5 cm³/mol. The molecule has 0 aromatic heterocycles. The van der Waals surface area contributed by atoms with Crippen molar-refractivity contribution in [2.75, 3.05) is 7.11 Å². The number of benzene rings is 1. The third-order valence-corrected chi connectivity index (χ3v) is 4.10. The third-order valence-electron chi connectivity index (χ3n) is 4.10. The summed E-state index contributed by atoms with van der Waals surface area (Å²) in [5.41, 5.74) is 2.22. The van der Waals surface area contributed by atoms with Crippen LogP contribution < -0.4 is 4.74 Å². The fraction of sp³-hybridized carbons (Fsp3) is 0.611. The smallest absolute Gasteiger partial charge is 0.163 e. The average molecular weight is 289 g/mol. The van der Waals surface area contributed by atoms with E-state index in [0.29, 0.717) is 11.7 Å². The number of hydrogen-bond donors (Lipinski definition) is 1. The molecule has 2 atom stereocenters. The average Bonchev–Trinajstić information content (AvgIpc) is 2.47. The van der Waals surface area contributed by atoms with Gasteiger partial charge in [-0.1, -0.05) is 26.3 Å². The molecule has 0 spiro atoms. The van der Waals surface area contributed by atoms with Gasteiger partial charge in [0.25, 0.3) is 0 Å². The minimum Gasteiger partial charge on any atom is -0.504 e. The highest BCUT2D eigenvalue weighted by Crippen LogP contribution is 2.33. The first-order chi connectivity index (χ1) is 10.0. The van der Waals surface area contributed by atoms with Crippen LogP contribution in [0.15, 0.2) is 12.1 Å². The van der Waals surface area contributed by atoms with Crippen molar-refractivity contribution in [3.05, 3.63) is 23.3 Å². The fourth-order valence-corrected chi connectivity index (χ4v) is 2.78. The second kappa shape index (κ2) is 8.56. The molecule has 2 unspecified atom stereocenters. The summed E-state index contributed by atoms with van der Waals surface area (Å²) in [6, 6.07) is 6.07. The lowest BCUT2D eigenvalue weighted by atomic mass is 9.89. The summed E-state index contributed by atoms with van der Waals surface area (Å²) in [6.45, 7) is 6.33. The number of ether oxygens (including phenoxy) is 1. The molecule has 0 amide bonds. The summed E-state index contributed by atoms with van der Waals surface area (Å²) >= 11 is 0. The first-order valence-electron chi connectivity index (χ1n) is 7.78. The number of phenols is 1. The molecule has 1 aromatic rings. The van der Waals surface area contributed by atoms with Gasteiger partial charge < -0.3 is 9.84 Å². The molecule has 3 nitrogen and oxygen atoms in total. The van der Waals surface area contributed by atoms with Gasteiger partial charge in [0.1, 0.15) is 0 Å². The highest BCUT2D eigenvalue weighted by Gasteiger charge is 2.14. The molecule has 0 aliphatic carbocycles. The number of phenolic OH excluding ortho intramolecular Hbond substituents is 1. The van der Waals surface area contributed by atoms with Crippen molar-refractivity contribution in [2.45, 2.75) is 52.9 Å². The number of rotatable bonds is 8. The van der Waals surface area contributed by atoms with E-state index in [1.165, 1.54) is 5.56 Å². The Hall–Kier alpha value is -1.69. The lowest BCUT2D eigenvalue weighted by Crippen LogP contribution is -2.06. The molecule has 1 aromatic carbocycles. The molecule has 0 radical (unpaired) electrons. The van der Waals surface area contributed by atoms with E-state index in [0.717, 1.165) is 37.7 Å². The Balaban J connectivity index is 2.63. The summed E-state index contributed by atoms with van der Waals surface area (Å²) < 4.78 is 5.25. The zero-order valence-corrected chi connectivity index (χ0v) is 13.6. The molecule has 0 fully saturated rings. The lowest BCUT2D eigenvalue weighted by Gasteiger charge is -2.17. The molecule has 3 heteroatoms. The standard InChI is InChI=1S/C18H27NO2/c1-5-6-15(12-19)8-7-13(2)11-16-9-10-17(20)18(21-4)14(16)3/h9-10,13,15,20H,5-8,11H2,1-4H3. The van der Waals surface area contributed by atoms with Gasteiger partial charge in [-0.25, -0.2) is 0 Å². The van der Waals surface area contributed by atoms with E-state index in [1.54, 1.807) is 13.2 Å². The van der Waals surface area contributed by atoms with E-state index >= 15 is 0 Å². The van der Waals surface area contributed by atoms with Crippen molar-refractivity contribution in [1.82, 2.24) is 0 Å². The van der Waals surface area contributed by atoms with E-state index < -0.39 is 0 Å². The Morgan fingerprint density at radius 2 is 2.00 bits per heavy atom. The maximum atomic E-state index is 9.76. The van der Waals surface area contributed by atoms with Gasteiger partial charge in [-0.15, -0.1) is 0 Å². The van der Waals surface area contributed by atoms with Gasteiger partial charge in [-0.3, -0.25) is 0 Å². The van der Waals surface area contributed by atoms with Crippen molar-refractivity contribution in [3.63, 3.8) is 0 Å². The molecule has 116 valence electrons. The van der Waals surface area contributed by atoms with Crippen molar-refractivity contribution in [2.24, 2.45) is 11.8 Å². The van der Waals surface area contributed by atoms with Gasteiger partial charge in [0.05, 0.1) is 13.2 Å². The van der Waals surface area contributed by atoms with Gasteiger partial charge in [-0.05, 0) is 55.7 Å². The molecule has 0 bridgehead atoms. The second-order valence-electron chi connectivity index (χ2n) is 5.90. The summed E-state index contributed by atoms with van der Waals surface area (Å²) in [6.07, 6.45) is 5.05. The van der Waals surface area contributed by atoms with Gasteiger partial charge in [0.15, 0.2) is 11.5 Å². The first-order valence-corrected chi connectivity index (χ1v) is 7.78.